The van der Waals surface area contributed by atoms with Gasteiger partial charge in [0.2, 0.25) is 5.03 Å². The van der Waals surface area contributed by atoms with Gasteiger partial charge >= 0.3 is 0 Å². The van der Waals surface area contributed by atoms with Gasteiger partial charge in [-0.2, -0.15) is 4.31 Å². The summed E-state index contributed by atoms with van der Waals surface area (Å²) in [6.45, 7) is 2.69. The van der Waals surface area contributed by atoms with Gasteiger partial charge in [0.25, 0.3) is 10.0 Å². The van der Waals surface area contributed by atoms with Crippen molar-refractivity contribution in [3.05, 3.63) is 24.1 Å². The monoisotopic (exact) mass is 262 g/mol. The van der Waals surface area contributed by atoms with Crippen LogP contribution in [0.4, 0.5) is 4.39 Å². The third kappa shape index (κ3) is 2.62. The molecule has 0 unspecified atom stereocenters. The van der Waals surface area contributed by atoms with Crippen LogP contribution in [0.25, 0.3) is 0 Å². The predicted octanol–water partition coefficient (Wildman–Crippen LogP) is 0.612. The third-order valence-corrected chi connectivity index (χ3v) is 4.57. The minimum Gasteiger partial charge on any atom is -0.394 e. The highest BCUT2D eigenvalue weighted by Gasteiger charge is 2.35. The van der Waals surface area contributed by atoms with Gasteiger partial charge in [0.1, 0.15) is 0 Å². The predicted molar refractivity (Wildman–Crippen MR) is 60.3 cm³/mol. The first kappa shape index (κ1) is 14.0. The SMILES string of the molecule is CN(C(C)(C)CO)S(=O)(=O)c1ncccc1F. The van der Waals surface area contributed by atoms with E-state index in [1.807, 2.05) is 0 Å². The lowest BCUT2D eigenvalue weighted by atomic mass is 10.1. The van der Waals surface area contributed by atoms with Gasteiger partial charge in [-0.1, -0.05) is 0 Å². The molecule has 0 spiro atoms. The quantitative estimate of drug-likeness (QED) is 0.863. The summed E-state index contributed by atoms with van der Waals surface area (Å²) in [5, 5.41) is 8.49. The molecular formula is C10H15FN2O3S. The average Bonchev–Trinajstić information content (AvgIpc) is 2.28. The second-order valence-corrected chi connectivity index (χ2v) is 6.12. The van der Waals surface area contributed by atoms with Gasteiger partial charge in [-0.05, 0) is 26.0 Å². The van der Waals surface area contributed by atoms with Gasteiger partial charge in [0.05, 0.1) is 12.1 Å². The Morgan fingerprint density at radius 3 is 2.59 bits per heavy atom. The molecule has 0 amide bonds. The molecule has 0 aromatic carbocycles. The van der Waals surface area contributed by atoms with Crippen molar-refractivity contribution in [3.8, 4) is 0 Å². The van der Waals surface area contributed by atoms with Gasteiger partial charge in [0.15, 0.2) is 5.82 Å². The number of aliphatic hydroxyl groups is 1. The zero-order chi connectivity index (χ0) is 13.3. The van der Waals surface area contributed by atoms with Crippen molar-refractivity contribution in [1.82, 2.24) is 9.29 Å². The number of hydrogen-bond donors (Lipinski definition) is 1. The molecular weight excluding hydrogens is 247 g/mol. The van der Waals surface area contributed by atoms with E-state index in [0.717, 1.165) is 10.4 Å². The summed E-state index contributed by atoms with van der Waals surface area (Å²) in [4.78, 5) is 3.53. The summed E-state index contributed by atoms with van der Waals surface area (Å²) in [5.41, 5.74) is -1.03. The summed E-state index contributed by atoms with van der Waals surface area (Å²) in [6.07, 6.45) is 1.20. The third-order valence-electron chi connectivity index (χ3n) is 2.57. The number of rotatable bonds is 4. The summed E-state index contributed by atoms with van der Waals surface area (Å²) in [5.74, 6) is -0.909. The van der Waals surface area contributed by atoms with E-state index in [2.05, 4.69) is 4.98 Å². The minimum atomic E-state index is -4.05. The number of likely N-dealkylation sites (N-methyl/N-ethyl adjacent to an activating group) is 1. The molecule has 1 rings (SSSR count). The maximum Gasteiger partial charge on any atom is 0.263 e. The molecule has 96 valence electrons. The molecule has 0 saturated heterocycles. The van der Waals surface area contributed by atoms with Crippen LogP contribution in [-0.4, -0.2) is 42.0 Å². The first-order valence-corrected chi connectivity index (χ1v) is 6.38. The van der Waals surface area contributed by atoms with Gasteiger partial charge in [-0.15, -0.1) is 0 Å². The Bertz CT molecular complexity index is 502. The number of hydrogen-bond acceptors (Lipinski definition) is 4. The molecule has 1 aromatic heterocycles. The average molecular weight is 262 g/mol. The lowest BCUT2D eigenvalue weighted by molar-refractivity contribution is 0.137. The number of aliphatic hydroxyl groups excluding tert-OH is 1. The van der Waals surface area contributed by atoms with E-state index < -0.39 is 26.4 Å². The smallest absolute Gasteiger partial charge is 0.263 e. The topological polar surface area (TPSA) is 70.5 Å². The highest BCUT2D eigenvalue weighted by atomic mass is 32.2. The normalized spacial score (nSPS) is 13.1. The molecule has 7 heteroatoms. The van der Waals surface area contributed by atoms with Crippen molar-refractivity contribution >= 4 is 10.0 Å². The van der Waals surface area contributed by atoms with E-state index in [4.69, 9.17) is 5.11 Å². The van der Waals surface area contributed by atoms with Crippen LogP contribution in [0.3, 0.4) is 0 Å². The summed E-state index contributed by atoms with van der Waals surface area (Å²) < 4.78 is 38.5. The van der Waals surface area contributed by atoms with E-state index in [1.54, 1.807) is 0 Å². The number of nitrogens with zero attached hydrogens (tertiary/aromatic N) is 2. The molecule has 0 atom stereocenters. The van der Waals surface area contributed by atoms with Crippen LogP contribution >= 0.6 is 0 Å². The minimum absolute atomic E-state index is 0.378. The van der Waals surface area contributed by atoms with Crippen molar-refractivity contribution in [3.63, 3.8) is 0 Å². The standard InChI is InChI=1S/C10H15FN2O3S/c1-10(2,7-14)13(3)17(15,16)9-8(11)5-4-6-12-9/h4-6,14H,7H2,1-3H3. The van der Waals surface area contributed by atoms with E-state index in [1.165, 1.54) is 33.2 Å². The zero-order valence-electron chi connectivity index (χ0n) is 9.88. The van der Waals surface area contributed by atoms with Crippen molar-refractivity contribution in [2.75, 3.05) is 13.7 Å². The van der Waals surface area contributed by atoms with Crippen LogP contribution in [0.5, 0.6) is 0 Å². The lowest BCUT2D eigenvalue weighted by Crippen LogP contribution is -2.47. The number of pyridine rings is 1. The van der Waals surface area contributed by atoms with Crippen molar-refractivity contribution in [2.24, 2.45) is 0 Å². The Hall–Kier alpha value is -1.05. The Morgan fingerprint density at radius 2 is 2.12 bits per heavy atom. The highest BCUT2D eigenvalue weighted by Crippen LogP contribution is 2.22. The Balaban J connectivity index is 3.26. The second-order valence-electron chi connectivity index (χ2n) is 4.23. The molecule has 1 N–H and O–H groups in total. The van der Waals surface area contributed by atoms with Gasteiger partial charge < -0.3 is 5.11 Å². The largest absolute Gasteiger partial charge is 0.394 e. The van der Waals surface area contributed by atoms with Crippen LogP contribution < -0.4 is 0 Å². The summed E-state index contributed by atoms with van der Waals surface area (Å²) in [7, 11) is -2.77. The van der Waals surface area contributed by atoms with Gasteiger partial charge in [-0.25, -0.2) is 17.8 Å². The number of sulfonamides is 1. The van der Waals surface area contributed by atoms with Crippen LogP contribution in [0.15, 0.2) is 23.4 Å². The fourth-order valence-electron chi connectivity index (χ4n) is 1.12. The molecule has 0 fully saturated rings. The Kier molecular flexibility index (Phi) is 3.85. The van der Waals surface area contributed by atoms with Crippen LogP contribution in [-0.2, 0) is 10.0 Å². The highest BCUT2D eigenvalue weighted by molar-refractivity contribution is 7.89. The maximum atomic E-state index is 13.4. The summed E-state index contributed by atoms with van der Waals surface area (Å²) >= 11 is 0. The molecule has 0 saturated carbocycles. The lowest BCUT2D eigenvalue weighted by Gasteiger charge is -2.32. The fraction of sp³-hybridized carbons (Fsp3) is 0.500. The van der Waals surface area contributed by atoms with E-state index >= 15 is 0 Å². The molecule has 1 aromatic rings. The number of halogens is 1. The van der Waals surface area contributed by atoms with E-state index in [0.29, 0.717) is 0 Å². The van der Waals surface area contributed by atoms with Crippen molar-refractivity contribution in [1.29, 1.82) is 0 Å². The first-order chi connectivity index (χ1) is 7.73. The van der Waals surface area contributed by atoms with Crippen LogP contribution in [0, 0.1) is 5.82 Å². The number of aromatic nitrogens is 1. The van der Waals surface area contributed by atoms with Crippen LogP contribution in [0.1, 0.15) is 13.8 Å². The summed E-state index contributed by atoms with van der Waals surface area (Å²) in [6, 6.07) is 2.34. The Labute approximate surface area is 100.0 Å². The van der Waals surface area contributed by atoms with Crippen molar-refractivity contribution in [2.45, 2.75) is 24.4 Å². The molecule has 0 radical (unpaired) electrons. The maximum absolute atomic E-state index is 13.4. The molecule has 0 bridgehead atoms. The molecule has 5 nitrogen and oxygen atoms in total. The van der Waals surface area contributed by atoms with Gasteiger partial charge in [0, 0.05) is 13.2 Å². The second kappa shape index (κ2) is 4.67. The molecule has 0 aliphatic rings. The van der Waals surface area contributed by atoms with Crippen molar-refractivity contribution < 1.29 is 17.9 Å². The molecule has 1 heterocycles. The Morgan fingerprint density at radius 1 is 1.53 bits per heavy atom. The van der Waals surface area contributed by atoms with E-state index in [9.17, 15) is 12.8 Å². The van der Waals surface area contributed by atoms with E-state index in [-0.39, 0.29) is 6.61 Å². The van der Waals surface area contributed by atoms with Crippen LogP contribution in [0.2, 0.25) is 0 Å². The molecule has 0 aliphatic heterocycles. The molecule has 0 aliphatic carbocycles. The van der Waals surface area contributed by atoms with Gasteiger partial charge in [-0.3, -0.25) is 0 Å². The fourth-order valence-corrected chi connectivity index (χ4v) is 2.59. The molecule has 17 heavy (non-hydrogen) atoms. The first-order valence-electron chi connectivity index (χ1n) is 4.94. The zero-order valence-corrected chi connectivity index (χ0v) is 10.7.